The zero-order valence-corrected chi connectivity index (χ0v) is 19.2. The number of rotatable bonds is 4. The van der Waals surface area contributed by atoms with Gasteiger partial charge in [-0.25, -0.2) is 14.4 Å². The van der Waals surface area contributed by atoms with Crippen LogP contribution in [0.1, 0.15) is 5.56 Å². The van der Waals surface area contributed by atoms with Gasteiger partial charge in [-0.15, -0.1) is 0 Å². The number of aliphatic hydroxyl groups is 1. The molecule has 0 spiro atoms. The number of piperazine rings is 1. The van der Waals surface area contributed by atoms with Crippen molar-refractivity contribution in [2.45, 2.75) is 6.92 Å². The van der Waals surface area contributed by atoms with E-state index in [-0.39, 0.29) is 28.6 Å². The SMILES string of the molecule is Cc1ccc2[nH]ncc2c1-c1c(Cl)cc2c(N3CCN(C(=O)C=CCO)CC3)ncnc2c1F. The zero-order chi connectivity index (χ0) is 23.8. The number of hydrogen-bond acceptors (Lipinski definition) is 6. The molecule has 1 fully saturated rings. The Kier molecular flexibility index (Phi) is 5.89. The lowest BCUT2D eigenvalue weighted by Gasteiger charge is -2.35. The molecule has 4 aromatic rings. The molecule has 10 heteroatoms. The maximum atomic E-state index is 16.0. The van der Waals surface area contributed by atoms with Crippen LogP contribution in [0.3, 0.4) is 0 Å². The molecule has 0 radical (unpaired) electrons. The fourth-order valence-electron chi connectivity index (χ4n) is 4.45. The van der Waals surface area contributed by atoms with Gasteiger partial charge in [0.15, 0.2) is 5.82 Å². The number of nitrogens with one attached hydrogen (secondary N) is 1. The molecule has 0 saturated carbocycles. The van der Waals surface area contributed by atoms with Gasteiger partial charge in [-0.05, 0) is 24.6 Å². The molecular weight excluding hydrogens is 459 g/mol. The number of amides is 1. The van der Waals surface area contributed by atoms with Gasteiger partial charge in [0.05, 0.1) is 23.3 Å². The Bertz CT molecular complexity index is 1430. The van der Waals surface area contributed by atoms with Crippen molar-refractivity contribution >= 4 is 45.1 Å². The van der Waals surface area contributed by atoms with Crippen molar-refractivity contribution in [3.05, 3.63) is 59.3 Å². The molecule has 174 valence electrons. The number of benzene rings is 2. The van der Waals surface area contributed by atoms with Crippen molar-refractivity contribution in [1.29, 1.82) is 0 Å². The average Bonchev–Trinajstić information content (AvgIpc) is 3.32. The standard InChI is InChI=1S/C24H22ClFN6O2/c1-14-4-5-18-16(12-29-30-18)20(14)21-17(25)11-15-23(22(21)26)27-13-28-24(15)32-8-6-31(7-9-32)19(34)3-2-10-33/h2-5,11-13,33H,6-10H2,1H3,(H,29,30). The highest BCUT2D eigenvalue weighted by Crippen LogP contribution is 2.41. The second-order valence-corrected chi connectivity index (χ2v) is 8.53. The molecule has 2 aromatic heterocycles. The third-order valence-electron chi connectivity index (χ3n) is 6.14. The molecule has 0 unspecified atom stereocenters. The summed E-state index contributed by atoms with van der Waals surface area (Å²) in [5.74, 6) is -0.0803. The predicted molar refractivity (Wildman–Crippen MR) is 129 cm³/mol. The lowest BCUT2D eigenvalue weighted by atomic mass is 9.95. The fourth-order valence-corrected chi connectivity index (χ4v) is 4.74. The van der Waals surface area contributed by atoms with E-state index in [9.17, 15) is 4.79 Å². The Morgan fingerprint density at radius 3 is 2.76 bits per heavy atom. The van der Waals surface area contributed by atoms with Crippen molar-refractivity contribution in [2.75, 3.05) is 37.7 Å². The summed E-state index contributed by atoms with van der Waals surface area (Å²) < 4.78 is 16.0. The summed E-state index contributed by atoms with van der Waals surface area (Å²) >= 11 is 6.68. The van der Waals surface area contributed by atoms with Crippen LogP contribution in [0.25, 0.3) is 32.9 Å². The van der Waals surface area contributed by atoms with Crippen LogP contribution < -0.4 is 4.90 Å². The molecule has 2 aromatic carbocycles. The summed E-state index contributed by atoms with van der Waals surface area (Å²) in [7, 11) is 0. The lowest BCUT2D eigenvalue weighted by Crippen LogP contribution is -2.48. The van der Waals surface area contributed by atoms with E-state index >= 15 is 4.39 Å². The minimum absolute atomic E-state index is 0.149. The van der Waals surface area contributed by atoms with E-state index < -0.39 is 5.82 Å². The zero-order valence-electron chi connectivity index (χ0n) is 18.4. The van der Waals surface area contributed by atoms with Gasteiger partial charge in [0.25, 0.3) is 0 Å². The topological polar surface area (TPSA) is 98.2 Å². The summed E-state index contributed by atoms with van der Waals surface area (Å²) in [6.07, 6.45) is 5.81. The number of aromatic nitrogens is 4. The Labute approximate surface area is 199 Å². The first-order chi connectivity index (χ1) is 16.5. The number of nitrogens with zero attached hydrogens (tertiary/aromatic N) is 5. The van der Waals surface area contributed by atoms with E-state index in [2.05, 4.69) is 20.2 Å². The summed E-state index contributed by atoms with van der Waals surface area (Å²) in [6.45, 7) is 3.75. The molecule has 34 heavy (non-hydrogen) atoms. The third-order valence-corrected chi connectivity index (χ3v) is 6.44. The summed E-state index contributed by atoms with van der Waals surface area (Å²) in [5, 5.41) is 17.4. The molecule has 5 rings (SSSR count). The van der Waals surface area contributed by atoms with Gasteiger partial charge in [0.2, 0.25) is 5.91 Å². The first-order valence-corrected chi connectivity index (χ1v) is 11.2. The van der Waals surface area contributed by atoms with Crippen LogP contribution in [-0.4, -0.2) is 68.9 Å². The van der Waals surface area contributed by atoms with Crippen molar-refractivity contribution in [3.63, 3.8) is 0 Å². The highest BCUT2D eigenvalue weighted by Gasteiger charge is 2.25. The fraction of sp³-hybridized carbons (Fsp3) is 0.250. The predicted octanol–water partition coefficient (Wildman–Crippen LogP) is 3.47. The highest BCUT2D eigenvalue weighted by atomic mass is 35.5. The molecule has 0 atom stereocenters. The molecule has 3 heterocycles. The number of anilines is 1. The maximum absolute atomic E-state index is 16.0. The molecule has 2 N–H and O–H groups in total. The Hall–Kier alpha value is -3.56. The Morgan fingerprint density at radius 1 is 1.21 bits per heavy atom. The van der Waals surface area contributed by atoms with Crippen LogP contribution in [0.2, 0.25) is 5.02 Å². The number of carbonyl (C=O) groups excluding carboxylic acids is 1. The monoisotopic (exact) mass is 480 g/mol. The van der Waals surface area contributed by atoms with Crippen LogP contribution in [-0.2, 0) is 4.79 Å². The van der Waals surface area contributed by atoms with E-state index in [4.69, 9.17) is 16.7 Å². The molecule has 1 aliphatic rings. The van der Waals surface area contributed by atoms with Crippen molar-refractivity contribution < 1.29 is 14.3 Å². The van der Waals surface area contributed by atoms with E-state index in [1.54, 1.807) is 17.2 Å². The minimum atomic E-state index is -0.508. The Morgan fingerprint density at radius 2 is 2.00 bits per heavy atom. The van der Waals surface area contributed by atoms with Crippen LogP contribution in [0.4, 0.5) is 10.2 Å². The van der Waals surface area contributed by atoms with Gasteiger partial charge < -0.3 is 14.9 Å². The molecule has 1 saturated heterocycles. The molecule has 8 nitrogen and oxygen atoms in total. The van der Waals surface area contributed by atoms with Crippen LogP contribution in [0.15, 0.2) is 42.9 Å². The van der Waals surface area contributed by atoms with E-state index in [0.29, 0.717) is 42.9 Å². The van der Waals surface area contributed by atoms with Crippen molar-refractivity contribution in [1.82, 2.24) is 25.1 Å². The largest absolute Gasteiger partial charge is 0.392 e. The lowest BCUT2D eigenvalue weighted by molar-refractivity contribution is -0.126. The maximum Gasteiger partial charge on any atom is 0.246 e. The number of aryl methyl sites for hydroxylation is 1. The second kappa shape index (κ2) is 9.00. The molecular formula is C24H22ClFN6O2. The number of H-pyrrole nitrogens is 1. The van der Waals surface area contributed by atoms with Crippen LogP contribution >= 0.6 is 11.6 Å². The van der Waals surface area contributed by atoms with Gasteiger partial charge in [-0.2, -0.15) is 5.10 Å². The molecule has 0 bridgehead atoms. The number of carbonyl (C=O) groups is 1. The summed E-state index contributed by atoms with van der Waals surface area (Å²) in [5.41, 5.74) is 2.82. The van der Waals surface area contributed by atoms with Gasteiger partial charge in [0, 0.05) is 54.2 Å². The van der Waals surface area contributed by atoms with Gasteiger partial charge >= 0.3 is 0 Å². The van der Waals surface area contributed by atoms with Gasteiger partial charge in [-0.3, -0.25) is 9.89 Å². The number of aliphatic hydroxyl groups excluding tert-OH is 1. The molecule has 1 aliphatic heterocycles. The molecule has 1 amide bonds. The average molecular weight is 481 g/mol. The molecule has 0 aliphatic carbocycles. The summed E-state index contributed by atoms with van der Waals surface area (Å²) in [4.78, 5) is 24.6. The number of hydrogen-bond donors (Lipinski definition) is 2. The van der Waals surface area contributed by atoms with Gasteiger partial charge in [0.1, 0.15) is 17.7 Å². The van der Waals surface area contributed by atoms with Crippen LogP contribution in [0, 0.1) is 12.7 Å². The quantitative estimate of drug-likeness (QED) is 0.434. The minimum Gasteiger partial charge on any atom is -0.392 e. The normalized spacial score (nSPS) is 14.6. The number of halogens is 2. The second-order valence-electron chi connectivity index (χ2n) is 8.13. The number of aromatic amines is 1. The third kappa shape index (κ3) is 3.76. The summed E-state index contributed by atoms with van der Waals surface area (Å²) in [6, 6.07) is 5.51. The van der Waals surface area contributed by atoms with E-state index in [1.165, 1.54) is 18.5 Å². The highest BCUT2D eigenvalue weighted by molar-refractivity contribution is 6.35. The van der Waals surface area contributed by atoms with Crippen molar-refractivity contribution in [2.24, 2.45) is 0 Å². The van der Waals surface area contributed by atoms with Crippen molar-refractivity contribution in [3.8, 4) is 11.1 Å². The van der Waals surface area contributed by atoms with E-state index in [0.717, 1.165) is 16.5 Å². The Balaban J connectivity index is 1.54. The van der Waals surface area contributed by atoms with Gasteiger partial charge in [-0.1, -0.05) is 23.7 Å². The first-order valence-electron chi connectivity index (χ1n) is 10.9. The first kappa shape index (κ1) is 22.2. The number of fused-ring (bicyclic) bond motifs is 2. The smallest absolute Gasteiger partial charge is 0.246 e. The van der Waals surface area contributed by atoms with E-state index in [1.807, 2.05) is 24.0 Å². The van der Waals surface area contributed by atoms with Crippen LogP contribution in [0.5, 0.6) is 0 Å².